The summed E-state index contributed by atoms with van der Waals surface area (Å²) in [5.41, 5.74) is 5.88. The average molecular weight is 518 g/mol. The van der Waals surface area contributed by atoms with Crippen molar-refractivity contribution in [1.29, 1.82) is 0 Å². The molecule has 0 unspecified atom stereocenters. The number of benzene rings is 5. The minimum absolute atomic E-state index is 0.497. The maximum Gasteiger partial charge on any atom is 0.248 e. The molecule has 0 aliphatic carbocycles. The van der Waals surface area contributed by atoms with Crippen LogP contribution in [0.5, 0.6) is 0 Å². The van der Waals surface area contributed by atoms with Crippen LogP contribution in [0, 0.1) is 0 Å². The molecule has 0 atom stereocenters. The first-order chi connectivity index (χ1) is 19.8. The fourth-order valence-electron chi connectivity index (χ4n) is 4.59. The molecule has 5 aromatic carbocycles. The van der Waals surface area contributed by atoms with E-state index in [9.17, 15) is 0 Å². The van der Waals surface area contributed by atoms with E-state index in [1.807, 2.05) is 84.9 Å². The molecule has 0 radical (unpaired) electrons. The van der Waals surface area contributed by atoms with Crippen LogP contribution in [0.3, 0.4) is 0 Å². The summed E-state index contributed by atoms with van der Waals surface area (Å²) in [6.07, 6.45) is 5.92. The van der Waals surface area contributed by atoms with Crippen molar-refractivity contribution in [3.05, 3.63) is 139 Å². The summed E-state index contributed by atoms with van der Waals surface area (Å²) in [5.74, 6) is 2.37. The molecule has 0 aliphatic heterocycles. The van der Waals surface area contributed by atoms with Crippen molar-refractivity contribution in [1.82, 2.24) is 15.2 Å². The molecule has 0 aliphatic rings. The second kappa shape index (κ2) is 10.3. The molecule has 0 saturated heterocycles. The van der Waals surface area contributed by atoms with Crippen molar-refractivity contribution in [2.24, 2.45) is 0 Å². The van der Waals surface area contributed by atoms with Crippen LogP contribution in [-0.4, -0.2) is 15.2 Å². The number of aromatic nitrogens is 3. The van der Waals surface area contributed by atoms with Crippen molar-refractivity contribution in [3.63, 3.8) is 0 Å². The molecule has 0 amide bonds. The van der Waals surface area contributed by atoms with Gasteiger partial charge in [-0.05, 0) is 58.3 Å². The van der Waals surface area contributed by atoms with Crippen molar-refractivity contribution >= 4 is 22.9 Å². The Labute approximate surface area is 231 Å². The minimum atomic E-state index is 0.497. The zero-order chi connectivity index (χ0) is 26.7. The van der Waals surface area contributed by atoms with Crippen LogP contribution in [0.4, 0.5) is 0 Å². The highest BCUT2D eigenvalue weighted by atomic mass is 16.4. The molecule has 5 nitrogen and oxygen atoms in total. The molecule has 7 aromatic rings. The van der Waals surface area contributed by atoms with E-state index in [-0.39, 0.29) is 0 Å². The summed E-state index contributed by atoms with van der Waals surface area (Å²) in [7, 11) is 0. The van der Waals surface area contributed by atoms with E-state index in [0.717, 1.165) is 44.5 Å². The Morgan fingerprint density at radius 2 is 1.02 bits per heavy atom. The Bertz CT molecular complexity index is 1930. The number of nitrogens with zero attached hydrogens (tertiary/aromatic N) is 3. The summed E-state index contributed by atoms with van der Waals surface area (Å²) < 4.78 is 12.0. The Morgan fingerprint density at radius 1 is 0.450 bits per heavy atom. The van der Waals surface area contributed by atoms with Crippen LogP contribution in [0.1, 0.15) is 11.1 Å². The van der Waals surface area contributed by atoms with Crippen LogP contribution in [0.15, 0.2) is 136 Å². The molecule has 0 saturated carbocycles. The van der Waals surface area contributed by atoms with E-state index in [4.69, 9.17) is 8.83 Å². The van der Waals surface area contributed by atoms with E-state index < -0.39 is 0 Å². The Hall–Kier alpha value is -5.55. The van der Waals surface area contributed by atoms with Crippen molar-refractivity contribution in [3.8, 4) is 45.7 Å². The van der Waals surface area contributed by atoms with E-state index in [1.54, 1.807) is 6.20 Å². The lowest BCUT2D eigenvalue weighted by atomic mass is 10.1. The quantitative estimate of drug-likeness (QED) is 0.206. The summed E-state index contributed by atoms with van der Waals surface area (Å²) in [5, 5.41) is 10.9. The molecule has 0 bridgehead atoms. The van der Waals surface area contributed by atoms with Gasteiger partial charge in [-0.3, -0.25) is 0 Å². The Balaban J connectivity index is 1.03. The molecular formula is C35H23N3O2. The summed E-state index contributed by atoms with van der Waals surface area (Å²) in [6, 6.07) is 40.6. The van der Waals surface area contributed by atoms with E-state index in [1.165, 1.54) is 5.39 Å². The molecular weight excluding hydrogens is 494 g/mol. The number of fused-ring (bicyclic) bond motifs is 1. The van der Waals surface area contributed by atoms with Gasteiger partial charge in [-0.2, -0.15) is 0 Å². The molecule has 0 N–H and O–H groups in total. The van der Waals surface area contributed by atoms with Gasteiger partial charge in [-0.1, -0.05) is 97.1 Å². The van der Waals surface area contributed by atoms with Crippen LogP contribution in [0.2, 0.25) is 0 Å². The van der Waals surface area contributed by atoms with Crippen LogP contribution in [-0.2, 0) is 0 Å². The Kier molecular flexibility index (Phi) is 6.07. The van der Waals surface area contributed by atoms with Gasteiger partial charge in [-0.15, -0.1) is 10.2 Å². The predicted molar refractivity (Wildman–Crippen MR) is 159 cm³/mol. The zero-order valence-corrected chi connectivity index (χ0v) is 21.4. The molecule has 7 rings (SSSR count). The zero-order valence-electron chi connectivity index (χ0n) is 21.4. The summed E-state index contributed by atoms with van der Waals surface area (Å²) >= 11 is 0. The third-order valence-corrected chi connectivity index (χ3v) is 6.77. The van der Waals surface area contributed by atoms with Crippen LogP contribution in [0.25, 0.3) is 68.6 Å². The second-order valence-corrected chi connectivity index (χ2v) is 9.45. The number of rotatable bonds is 6. The first kappa shape index (κ1) is 23.6. The molecule has 0 spiro atoms. The number of hydrogen-bond donors (Lipinski definition) is 0. The van der Waals surface area contributed by atoms with Gasteiger partial charge in [0.1, 0.15) is 0 Å². The van der Waals surface area contributed by atoms with Crippen molar-refractivity contribution < 1.29 is 8.83 Å². The highest BCUT2D eigenvalue weighted by molar-refractivity contribution is 5.86. The standard InChI is InChI=1S/C35H23N3O2/c1-2-7-27(8-3-1)32-23-36-33(39-32)28-16-12-24(13-17-28)10-11-25-14-18-29(19-15-25)34-37-38-35(40-34)31-21-20-26-6-4-5-9-30(26)22-31/h1-23H/b11-10+. The largest absolute Gasteiger partial charge is 0.436 e. The molecule has 0 fully saturated rings. The molecule has 2 aromatic heterocycles. The van der Waals surface area contributed by atoms with Gasteiger partial charge in [0.25, 0.3) is 0 Å². The predicted octanol–water partition coefficient (Wildman–Crippen LogP) is 9.05. The van der Waals surface area contributed by atoms with Gasteiger partial charge in [0, 0.05) is 22.3 Å². The fraction of sp³-hybridized carbons (Fsp3) is 0. The van der Waals surface area contributed by atoms with E-state index in [2.05, 4.69) is 63.7 Å². The van der Waals surface area contributed by atoms with Gasteiger partial charge >= 0.3 is 0 Å². The third kappa shape index (κ3) is 4.84. The van der Waals surface area contributed by atoms with Gasteiger partial charge < -0.3 is 8.83 Å². The lowest BCUT2D eigenvalue weighted by Crippen LogP contribution is -1.80. The minimum Gasteiger partial charge on any atom is -0.436 e. The van der Waals surface area contributed by atoms with Gasteiger partial charge in [0.05, 0.1) is 6.20 Å². The SMILES string of the molecule is C(=C\c1ccc(-c2nnc(-c3ccc4ccccc4c3)o2)cc1)/c1ccc(-c2ncc(-c3ccccc3)o2)cc1. The van der Waals surface area contributed by atoms with Crippen molar-refractivity contribution in [2.75, 3.05) is 0 Å². The van der Waals surface area contributed by atoms with Gasteiger partial charge in [0.2, 0.25) is 17.7 Å². The molecule has 5 heteroatoms. The molecule has 190 valence electrons. The highest BCUT2D eigenvalue weighted by Gasteiger charge is 2.11. The van der Waals surface area contributed by atoms with Crippen LogP contribution < -0.4 is 0 Å². The first-order valence-electron chi connectivity index (χ1n) is 13.0. The van der Waals surface area contributed by atoms with E-state index in [0.29, 0.717) is 17.7 Å². The first-order valence-corrected chi connectivity index (χ1v) is 13.0. The lowest BCUT2D eigenvalue weighted by Gasteiger charge is -2.00. The molecule has 2 heterocycles. The van der Waals surface area contributed by atoms with Gasteiger partial charge in [-0.25, -0.2) is 4.98 Å². The summed E-state index contributed by atoms with van der Waals surface area (Å²) in [4.78, 5) is 4.45. The maximum absolute atomic E-state index is 6.00. The average Bonchev–Trinajstić information content (AvgIpc) is 3.72. The monoisotopic (exact) mass is 517 g/mol. The highest BCUT2D eigenvalue weighted by Crippen LogP contribution is 2.28. The summed E-state index contributed by atoms with van der Waals surface area (Å²) in [6.45, 7) is 0. The molecule has 40 heavy (non-hydrogen) atoms. The topological polar surface area (TPSA) is 65.0 Å². The lowest BCUT2D eigenvalue weighted by molar-refractivity contribution is 0.584. The maximum atomic E-state index is 6.00. The number of hydrogen-bond acceptors (Lipinski definition) is 5. The smallest absolute Gasteiger partial charge is 0.248 e. The fourth-order valence-corrected chi connectivity index (χ4v) is 4.59. The van der Waals surface area contributed by atoms with Gasteiger partial charge in [0.15, 0.2) is 5.76 Å². The van der Waals surface area contributed by atoms with E-state index >= 15 is 0 Å². The Morgan fingerprint density at radius 3 is 1.73 bits per heavy atom. The normalized spacial score (nSPS) is 11.4. The number of oxazole rings is 1. The van der Waals surface area contributed by atoms with Crippen molar-refractivity contribution in [2.45, 2.75) is 0 Å². The second-order valence-electron chi connectivity index (χ2n) is 9.45. The van der Waals surface area contributed by atoms with Crippen LogP contribution >= 0.6 is 0 Å². The third-order valence-electron chi connectivity index (χ3n) is 6.77.